The van der Waals surface area contributed by atoms with Crippen molar-refractivity contribution in [2.45, 2.75) is 19.1 Å². The third-order valence-corrected chi connectivity index (χ3v) is 6.40. The summed E-state index contributed by atoms with van der Waals surface area (Å²) in [6.07, 6.45) is -1.19. The number of aliphatic hydroxyl groups is 1. The number of benzene rings is 2. The standard InChI is InChI=1S/C21H16Cl3NO4S/c1-10(11-5-7-12(8-6-11)21(28)29)25-20(27)16-15(18(23)30-19(16)24)17(26)13-3-2-4-14(22)9-13/h2-10,17,26H,1H3,(H,25,27)(H,28,29). The number of aliphatic hydroxyl groups excluding tert-OH is 1. The van der Waals surface area contributed by atoms with E-state index in [1.54, 1.807) is 43.3 Å². The van der Waals surface area contributed by atoms with Gasteiger partial charge in [0, 0.05) is 10.6 Å². The fourth-order valence-electron chi connectivity index (χ4n) is 2.95. The fraction of sp³-hybridized carbons (Fsp3) is 0.143. The highest BCUT2D eigenvalue weighted by molar-refractivity contribution is 7.20. The van der Waals surface area contributed by atoms with Gasteiger partial charge in [0.1, 0.15) is 14.8 Å². The van der Waals surface area contributed by atoms with Gasteiger partial charge in [-0.1, -0.05) is 59.1 Å². The molecule has 0 bridgehead atoms. The Kier molecular flexibility index (Phi) is 7.06. The molecule has 0 spiro atoms. The van der Waals surface area contributed by atoms with Gasteiger partial charge in [-0.15, -0.1) is 11.3 Å². The molecule has 2 atom stereocenters. The molecule has 0 radical (unpaired) electrons. The second-order valence-corrected chi connectivity index (χ2v) is 9.18. The van der Waals surface area contributed by atoms with Gasteiger partial charge in [-0.3, -0.25) is 4.79 Å². The number of nitrogens with one attached hydrogen (secondary N) is 1. The Balaban J connectivity index is 1.88. The Hall–Kier alpha value is -2.09. The van der Waals surface area contributed by atoms with Crippen molar-refractivity contribution in [2.24, 2.45) is 0 Å². The molecule has 0 fully saturated rings. The quantitative estimate of drug-likeness (QED) is 0.402. The highest BCUT2D eigenvalue weighted by atomic mass is 35.5. The van der Waals surface area contributed by atoms with Gasteiger partial charge in [0.15, 0.2) is 0 Å². The van der Waals surface area contributed by atoms with Crippen LogP contribution in [0.3, 0.4) is 0 Å². The summed E-state index contributed by atoms with van der Waals surface area (Å²) in [4.78, 5) is 24.0. The summed E-state index contributed by atoms with van der Waals surface area (Å²) in [6.45, 7) is 1.75. The highest BCUT2D eigenvalue weighted by Gasteiger charge is 2.28. The number of amides is 1. The van der Waals surface area contributed by atoms with Gasteiger partial charge >= 0.3 is 5.97 Å². The van der Waals surface area contributed by atoms with Crippen molar-refractivity contribution in [3.05, 3.63) is 90.0 Å². The molecule has 0 saturated carbocycles. The first kappa shape index (κ1) is 22.6. The average molecular weight is 485 g/mol. The molecule has 1 heterocycles. The summed E-state index contributed by atoms with van der Waals surface area (Å²) in [5.74, 6) is -1.54. The van der Waals surface area contributed by atoms with Gasteiger partial charge < -0.3 is 15.5 Å². The number of carboxylic acids is 1. The van der Waals surface area contributed by atoms with Crippen LogP contribution in [0.1, 0.15) is 56.5 Å². The van der Waals surface area contributed by atoms with E-state index in [-0.39, 0.29) is 25.4 Å². The molecule has 5 nitrogen and oxygen atoms in total. The zero-order valence-corrected chi connectivity index (χ0v) is 18.6. The maximum absolute atomic E-state index is 13.0. The van der Waals surface area contributed by atoms with Crippen LogP contribution in [0.5, 0.6) is 0 Å². The van der Waals surface area contributed by atoms with Crippen molar-refractivity contribution < 1.29 is 19.8 Å². The normalized spacial score (nSPS) is 13.0. The SMILES string of the molecule is CC(NC(=O)c1c(Cl)sc(Cl)c1C(O)c1cccc(Cl)c1)c1ccc(C(=O)O)cc1. The molecular formula is C21H16Cl3NO4S. The van der Waals surface area contributed by atoms with Gasteiger partial charge in [-0.05, 0) is 42.3 Å². The third kappa shape index (κ3) is 4.79. The van der Waals surface area contributed by atoms with E-state index >= 15 is 0 Å². The largest absolute Gasteiger partial charge is 0.478 e. The van der Waals surface area contributed by atoms with E-state index in [4.69, 9.17) is 39.9 Å². The van der Waals surface area contributed by atoms with Crippen LogP contribution in [0.2, 0.25) is 13.7 Å². The highest BCUT2D eigenvalue weighted by Crippen LogP contribution is 2.42. The molecule has 0 aliphatic heterocycles. The number of hydrogen-bond acceptors (Lipinski definition) is 4. The lowest BCUT2D eigenvalue weighted by atomic mass is 9.99. The Morgan fingerprint density at radius 3 is 2.27 bits per heavy atom. The second-order valence-electron chi connectivity index (χ2n) is 6.52. The maximum Gasteiger partial charge on any atom is 0.335 e. The van der Waals surface area contributed by atoms with Crippen LogP contribution in [-0.2, 0) is 0 Å². The topological polar surface area (TPSA) is 86.6 Å². The van der Waals surface area contributed by atoms with Gasteiger partial charge in [-0.25, -0.2) is 4.79 Å². The molecule has 9 heteroatoms. The molecule has 156 valence electrons. The van der Waals surface area contributed by atoms with Crippen molar-refractivity contribution in [3.63, 3.8) is 0 Å². The minimum atomic E-state index is -1.19. The van der Waals surface area contributed by atoms with Crippen LogP contribution in [0.15, 0.2) is 48.5 Å². The van der Waals surface area contributed by atoms with E-state index in [9.17, 15) is 14.7 Å². The number of halogens is 3. The molecule has 0 aliphatic rings. The molecule has 2 aromatic carbocycles. The van der Waals surface area contributed by atoms with Crippen molar-refractivity contribution >= 4 is 58.0 Å². The molecule has 30 heavy (non-hydrogen) atoms. The molecule has 1 aromatic heterocycles. The number of carboxylic acid groups (broad SMARTS) is 1. The minimum absolute atomic E-state index is 0.0909. The van der Waals surface area contributed by atoms with Crippen molar-refractivity contribution in [3.8, 4) is 0 Å². The third-order valence-electron chi connectivity index (χ3n) is 4.53. The molecule has 1 amide bonds. The molecular weight excluding hydrogens is 469 g/mol. The molecule has 3 N–H and O–H groups in total. The molecule has 0 aliphatic carbocycles. The van der Waals surface area contributed by atoms with Crippen LogP contribution in [0.25, 0.3) is 0 Å². The number of hydrogen-bond donors (Lipinski definition) is 3. The summed E-state index contributed by atoms with van der Waals surface area (Å²) >= 11 is 19.5. The first-order valence-corrected chi connectivity index (χ1v) is 10.7. The summed E-state index contributed by atoms with van der Waals surface area (Å²) in [5, 5.41) is 23.1. The number of rotatable bonds is 6. The van der Waals surface area contributed by atoms with E-state index in [1.165, 1.54) is 12.1 Å². The predicted octanol–water partition coefficient (Wildman–Crippen LogP) is 5.98. The Morgan fingerprint density at radius 2 is 1.67 bits per heavy atom. The van der Waals surface area contributed by atoms with Crippen LogP contribution in [0.4, 0.5) is 0 Å². The maximum atomic E-state index is 13.0. The van der Waals surface area contributed by atoms with Crippen LogP contribution < -0.4 is 5.32 Å². The van der Waals surface area contributed by atoms with Crippen molar-refractivity contribution in [2.75, 3.05) is 0 Å². The Bertz CT molecular complexity index is 1100. The second kappa shape index (κ2) is 9.37. The van der Waals surface area contributed by atoms with E-state index in [0.29, 0.717) is 16.1 Å². The molecule has 2 unspecified atom stereocenters. The van der Waals surface area contributed by atoms with Crippen LogP contribution >= 0.6 is 46.1 Å². The van der Waals surface area contributed by atoms with E-state index in [1.807, 2.05) is 0 Å². The average Bonchev–Trinajstić information content (AvgIpc) is 3.01. The number of thiophene rings is 1. The number of carbonyl (C=O) groups is 2. The molecule has 3 rings (SSSR count). The smallest absolute Gasteiger partial charge is 0.335 e. The fourth-order valence-corrected chi connectivity index (χ4v) is 4.91. The summed E-state index contributed by atoms with van der Waals surface area (Å²) in [7, 11) is 0. The van der Waals surface area contributed by atoms with Gasteiger partial charge in [0.25, 0.3) is 5.91 Å². The van der Waals surface area contributed by atoms with Gasteiger partial charge in [0.2, 0.25) is 0 Å². The Labute approximate surface area is 191 Å². The zero-order chi connectivity index (χ0) is 22.0. The first-order chi connectivity index (χ1) is 14.2. The molecule has 3 aromatic rings. The lowest BCUT2D eigenvalue weighted by Crippen LogP contribution is -2.27. The Morgan fingerprint density at radius 1 is 1.00 bits per heavy atom. The summed E-state index contributed by atoms with van der Waals surface area (Å²) in [6, 6.07) is 12.3. The van der Waals surface area contributed by atoms with Crippen molar-refractivity contribution in [1.29, 1.82) is 0 Å². The summed E-state index contributed by atoms with van der Waals surface area (Å²) in [5.41, 5.74) is 1.64. The first-order valence-electron chi connectivity index (χ1n) is 8.74. The van der Waals surface area contributed by atoms with Crippen molar-refractivity contribution in [1.82, 2.24) is 5.32 Å². The minimum Gasteiger partial charge on any atom is -0.478 e. The predicted molar refractivity (Wildman–Crippen MR) is 119 cm³/mol. The van der Waals surface area contributed by atoms with Gasteiger partial charge in [-0.2, -0.15) is 0 Å². The van der Waals surface area contributed by atoms with Gasteiger partial charge in [0.05, 0.1) is 17.2 Å². The lowest BCUT2D eigenvalue weighted by Gasteiger charge is -2.17. The zero-order valence-electron chi connectivity index (χ0n) is 15.5. The van der Waals surface area contributed by atoms with E-state index in [2.05, 4.69) is 5.32 Å². The molecule has 0 saturated heterocycles. The van der Waals surface area contributed by atoms with Crippen LogP contribution in [-0.4, -0.2) is 22.1 Å². The number of carbonyl (C=O) groups excluding carboxylic acids is 1. The lowest BCUT2D eigenvalue weighted by molar-refractivity contribution is 0.0696. The number of aromatic carboxylic acids is 1. The van der Waals surface area contributed by atoms with E-state index in [0.717, 1.165) is 11.3 Å². The van der Waals surface area contributed by atoms with E-state index < -0.39 is 24.0 Å². The van der Waals surface area contributed by atoms with Crippen LogP contribution in [0, 0.1) is 0 Å². The summed E-state index contributed by atoms with van der Waals surface area (Å²) < 4.78 is 0.359. The monoisotopic (exact) mass is 483 g/mol.